The average Bonchev–Trinajstić information content (AvgIpc) is 2.81. The molecule has 1 heterocycles. The fraction of sp³-hybridized carbons (Fsp3) is 0.529. The van der Waals surface area contributed by atoms with Crippen molar-refractivity contribution in [2.24, 2.45) is 5.92 Å². The number of nitrogens with zero attached hydrogens (tertiary/aromatic N) is 1. The van der Waals surface area contributed by atoms with Crippen LogP contribution < -0.4 is 0 Å². The van der Waals surface area contributed by atoms with Crippen LogP contribution in [0.25, 0.3) is 10.9 Å². The first-order valence-corrected chi connectivity index (χ1v) is 7.47. The van der Waals surface area contributed by atoms with Gasteiger partial charge in [0.05, 0.1) is 6.61 Å². The Labute approximate surface area is 116 Å². The molecular formula is C17H25NO. The van der Waals surface area contributed by atoms with Gasteiger partial charge in [-0.25, -0.2) is 0 Å². The third-order valence-electron chi connectivity index (χ3n) is 4.04. The SMILES string of the molecule is CCCCC(CC)Cn1cc(CO)c2ccccc21. The van der Waals surface area contributed by atoms with E-state index in [4.69, 9.17) is 0 Å². The van der Waals surface area contributed by atoms with Crippen LogP contribution in [0.5, 0.6) is 0 Å². The summed E-state index contributed by atoms with van der Waals surface area (Å²) >= 11 is 0. The third kappa shape index (κ3) is 3.19. The van der Waals surface area contributed by atoms with E-state index in [2.05, 4.69) is 42.8 Å². The lowest BCUT2D eigenvalue weighted by Gasteiger charge is -2.16. The topological polar surface area (TPSA) is 25.2 Å². The minimum atomic E-state index is 0.124. The van der Waals surface area contributed by atoms with Gasteiger partial charge in [0.2, 0.25) is 0 Å². The summed E-state index contributed by atoms with van der Waals surface area (Å²) in [7, 11) is 0. The zero-order valence-electron chi connectivity index (χ0n) is 12.1. The molecular weight excluding hydrogens is 234 g/mol. The van der Waals surface area contributed by atoms with Gasteiger partial charge in [-0.2, -0.15) is 0 Å². The highest BCUT2D eigenvalue weighted by Crippen LogP contribution is 2.24. The van der Waals surface area contributed by atoms with Crippen molar-refractivity contribution in [3.05, 3.63) is 36.0 Å². The van der Waals surface area contributed by atoms with Crippen molar-refractivity contribution in [1.82, 2.24) is 4.57 Å². The summed E-state index contributed by atoms with van der Waals surface area (Å²) in [5.41, 5.74) is 2.29. The van der Waals surface area contributed by atoms with Crippen LogP contribution in [0.4, 0.5) is 0 Å². The molecule has 2 aromatic rings. The predicted molar refractivity (Wildman–Crippen MR) is 81.2 cm³/mol. The van der Waals surface area contributed by atoms with Crippen molar-refractivity contribution in [2.75, 3.05) is 0 Å². The molecule has 0 amide bonds. The number of hydrogen-bond acceptors (Lipinski definition) is 1. The number of aliphatic hydroxyl groups is 1. The van der Waals surface area contributed by atoms with Gasteiger partial charge in [0.15, 0.2) is 0 Å². The zero-order valence-corrected chi connectivity index (χ0v) is 12.1. The molecule has 0 aliphatic rings. The number of unbranched alkanes of at least 4 members (excludes halogenated alkanes) is 1. The quantitative estimate of drug-likeness (QED) is 0.785. The Morgan fingerprint density at radius 3 is 2.68 bits per heavy atom. The van der Waals surface area contributed by atoms with Crippen molar-refractivity contribution >= 4 is 10.9 Å². The number of para-hydroxylation sites is 1. The Balaban J connectivity index is 2.24. The van der Waals surface area contributed by atoms with Crippen LogP contribution in [0.15, 0.2) is 30.5 Å². The summed E-state index contributed by atoms with van der Waals surface area (Å²) < 4.78 is 2.32. The Hall–Kier alpha value is -1.28. The molecule has 0 spiro atoms. The first-order chi connectivity index (χ1) is 9.30. The van der Waals surface area contributed by atoms with E-state index in [1.165, 1.54) is 36.6 Å². The van der Waals surface area contributed by atoms with Crippen molar-refractivity contribution < 1.29 is 5.11 Å². The van der Waals surface area contributed by atoms with E-state index in [-0.39, 0.29) is 6.61 Å². The van der Waals surface area contributed by atoms with Gasteiger partial charge in [0.1, 0.15) is 0 Å². The highest BCUT2D eigenvalue weighted by Gasteiger charge is 2.11. The van der Waals surface area contributed by atoms with E-state index < -0.39 is 0 Å². The van der Waals surface area contributed by atoms with E-state index in [1.54, 1.807) is 0 Å². The maximum absolute atomic E-state index is 9.47. The van der Waals surface area contributed by atoms with Gasteiger partial charge in [-0.3, -0.25) is 0 Å². The molecule has 0 radical (unpaired) electrons. The van der Waals surface area contributed by atoms with Gasteiger partial charge in [-0.05, 0) is 18.4 Å². The highest BCUT2D eigenvalue weighted by molar-refractivity contribution is 5.83. The van der Waals surface area contributed by atoms with E-state index in [1.807, 2.05) is 6.07 Å². The van der Waals surface area contributed by atoms with Crippen molar-refractivity contribution in [1.29, 1.82) is 0 Å². The van der Waals surface area contributed by atoms with E-state index in [0.29, 0.717) is 0 Å². The molecule has 1 N–H and O–H groups in total. The van der Waals surface area contributed by atoms with Crippen molar-refractivity contribution in [3.8, 4) is 0 Å². The standard InChI is InChI=1S/C17H25NO/c1-3-5-8-14(4-2)11-18-12-15(13-19)16-9-6-7-10-17(16)18/h6-7,9-10,12,14,19H,3-5,8,11,13H2,1-2H3. The largest absolute Gasteiger partial charge is 0.392 e. The Morgan fingerprint density at radius 2 is 2.00 bits per heavy atom. The second-order valence-electron chi connectivity index (χ2n) is 5.40. The van der Waals surface area contributed by atoms with E-state index in [0.717, 1.165) is 18.0 Å². The maximum Gasteiger partial charge on any atom is 0.0702 e. The lowest BCUT2D eigenvalue weighted by molar-refractivity contribution is 0.282. The fourth-order valence-corrected chi connectivity index (χ4v) is 2.80. The molecule has 2 heteroatoms. The number of benzene rings is 1. The smallest absolute Gasteiger partial charge is 0.0702 e. The molecule has 0 fully saturated rings. The molecule has 2 nitrogen and oxygen atoms in total. The number of aromatic nitrogens is 1. The fourth-order valence-electron chi connectivity index (χ4n) is 2.80. The van der Waals surface area contributed by atoms with Gasteiger partial charge in [-0.1, -0.05) is 51.3 Å². The molecule has 1 atom stereocenters. The maximum atomic E-state index is 9.47. The van der Waals surface area contributed by atoms with Crippen LogP contribution in [0, 0.1) is 5.92 Å². The second-order valence-corrected chi connectivity index (χ2v) is 5.40. The molecule has 0 saturated carbocycles. The predicted octanol–water partition coefficient (Wildman–Crippen LogP) is 4.35. The van der Waals surface area contributed by atoms with Crippen LogP contribution in [0.1, 0.15) is 45.1 Å². The van der Waals surface area contributed by atoms with Crippen molar-refractivity contribution in [3.63, 3.8) is 0 Å². The highest BCUT2D eigenvalue weighted by atomic mass is 16.3. The number of hydrogen-bond donors (Lipinski definition) is 1. The molecule has 0 saturated heterocycles. The van der Waals surface area contributed by atoms with Crippen LogP contribution in [0.2, 0.25) is 0 Å². The molecule has 1 aromatic carbocycles. The van der Waals surface area contributed by atoms with Gasteiger partial charge >= 0.3 is 0 Å². The average molecular weight is 259 g/mol. The van der Waals surface area contributed by atoms with Gasteiger partial charge in [0, 0.05) is 29.2 Å². The van der Waals surface area contributed by atoms with Crippen LogP contribution in [-0.4, -0.2) is 9.67 Å². The molecule has 2 rings (SSSR count). The summed E-state index contributed by atoms with van der Waals surface area (Å²) in [5, 5.41) is 10.7. The molecule has 1 aromatic heterocycles. The first kappa shape index (κ1) is 14.1. The minimum Gasteiger partial charge on any atom is -0.392 e. The normalized spacial score (nSPS) is 13.0. The minimum absolute atomic E-state index is 0.124. The lowest BCUT2D eigenvalue weighted by atomic mass is 9.99. The number of fused-ring (bicyclic) bond motifs is 1. The van der Waals surface area contributed by atoms with Gasteiger partial charge < -0.3 is 9.67 Å². The summed E-state index contributed by atoms with van der Waals surface area (Å²) in [5.74, 6) is 0.738. The number of aliphatic hydroxyl groups excluding tert-OH is 1. The van der Waals surface area contributed by atoms with Crippen LogP contribution in [-0.2, 0) is 13.2 Å². The first-order valence-electron chi connectivity index (χ1n) is 7.47. The molecule has 0 aliphatic carbocycles. The molecule has 1 unspecified atom stereocenters. The zero-order chi connectivity index (χ0) is 13.7. The van der Waals surface area contributed by atoms with E-state index in [9.17, 15) is 5.11 Å². The summed E-state index contributed by atoms with van der Waals surface area (Å²) in [6.07, 6.45) is 7.23. The van der Waals surface area contributed by atoms with Crippen LogP contribution >= 0.6 is 0 Å². The summed E-state index contributed by atoms with van der Waals surface area (Å²) in [4.78, 5) is 0. The number of rotatable bonds is 7. The third-order valence-corrected chi connectivity index (χ3v) is 4.04. The summed E-state index contributed by atoms with van der Waals surface area (Å²) in [6, 6.07) is 8.37. The molecule has 19 heavy (non-hydrogen) atoms. The van der Waals surface area contributed by atoms with E-state index >= 15 is 0 Å². The second kappa shape index (κ2) is 6.76. The van der Waals surface area contributed by atoms with Gasteiger partial charge in [0.25, 0.3) is 0 Å². The van der Waals surface area contributed by atoms with Gasteiger partial charge in [-0.15, -0.1) is 0 Å². The Morgan fingerprint density at radius 1 is 1.21 bits per heavy atom. The monoisotopic (exact) mass is 259 g/mol. The molecule has 0 aliphatic heterocycles. The van der Waals surface area contributed by atoms with Crippen LogP contribution in [0.3, 0.4) is 0 Å². The summed E-state index contributed by atoms with van der Waals surface area (Å²) in [6.45, 7) is 5.72. The lowest BCUT2D eigenvalue weighted by Crippen LogP contribution is -2.09. The molecule has 0 bridgehead atoms. The molecule has 104 valence electrons. The van der Waals surface area contributed by atoms with Crippen molar-refractivity contribution in [2.45, 2.75) is 52.7 Å². The Kier molecular flexibility index (Phi) is 5.03. The Bertz CT molecular complexity index is 515.